The summed E-state index contributed by atoms with van der Waals surface area (Å²) in [6, 6.07) is -0.569. The summed E-state index contributed by atoms with van der Waals surface area (Å²) < 4.78 is 3.80. The Hall–Kier alpha value is -2.38. The van der Waals surface area contributed by atoms with Crippen molar-refractivity contribution in [3.05, 3.63) is 27.2 Å². The van der Waals surface area contributed by atoms with E-state index in [0.717, 1.165) is 4.57 Å². The molecule has 8 heteroatoms. The highest BCUT2D eigenvalue weighted by molar-refractivity contribution is 5.82. The molecule has 0 saturated heterocycles. The molecule has 0 aliphatic heterocycles. The van der Waals surface area contributed by atoms with Gasteiger partial charge in [0, 0.05) is 28.2 Å². The minimum Gasteiger partial charge on any atom is -0.347 e. The first-order valence-electron chi connectivity index (χ1n) is 6.11. The van der Waals surface area contributed by atoms with E-state index < -0.39 is 17.3 Å². The molecule has 108 valence electrons. The van der Waals surface area contributed by atoms with Crippen molar-refractivity contribution in [2.75, 3.05) is 14.1 Å². The van der Waals surface area contributed by atoms with E-state index in [1.807, 2.05) is 0 Å². The summed E-state index contributed by atoms with van der Waals surface area (Å²) in [4.78, 5) is 41.6. The van der Waals surface area contributed by atoms with Gasteiger partial charge in [-0.25, -0.2) is 9.78 Å². The SMILES string of the molecule is CC(C(=O)N(C)C)n1cnc2c1c(=O)n(C)c(=O)n2C. The van der Waals surface area contributed by atoms with Crippen LogP contribution in [0.4, 0.5) is 0 Å². The number of nitrogens with zero attached hydrogens (tertiary/aromatic N) is 5. The van der Waals surface area contributed by atoms with Gasteiger partial charge in [-0.2, -0.15) is 0 Å². The second-order valence-corrected chi connectivity index (χ2v) is 4.94. The highest BCUT2D eigenvalue weighted by Crippen LogP contribution is 2.14. The number of carbonyl (C=O) groups excluding carboxylic acids is 1. The Balaban J connectivity index is 2.79. The van der Waals surface area contributed by atoms with Gasteiger partial charge in [-0.15, -0.1) is 0 Å². The lowest BCUT2D eigenvalue weighted by atomic mass is 10.3. The summed E-state index contributed by atoms with van der Waals surface area (Å²) in [6.45, 7) is 1.69. The predicted molar refractivity (Wildman–Crippen MR) is 73.6 cm³/mol. The van der Waals surface area contributed by atoms with Crippen LogP contribution in [0.1, 0.15) is 13.0 Å². The van der Waals surface area contributed by atoms with Crippen LogP contribution in [-0.4, -0.2) is 43.6 Å². The number of aryl methyl sites for hydroxylation is 1. The van der Waals surface area contributed by atoms with E-state index in [-0.39, 0.29) is 17.1 Å². The summed E-state index contributed by atoms with van der Waals surface area (Å²) in [5.74, 6) is -0.153. The lowest BCUT2D eigenvalue weighted by Gasteiger charge is -2.18. The van der Waals surface area contributed by atoms with E-state index in [9.17, 15) is 14.4 Å². The van der Waals surface area contributed by atoms with Crippen molar-refractivity contribution in [1.82, 2.24) is 23.6 Å². The van der Waals surface area contributed by atoms with Gasteiger partial charge in [-0.1, -0.05) is 0 Å². The second kappa shape index (κ2) is 4.62. The number of rotatable bonds is 2. The van der Waals surface area contributed by atoms with Crippen molar-refractivity contribution in [2.24, 2.45) is 14.1 Å². The Morgan fingerprint density at radius 2 is 1.85 bits per heavy atom. The molecular weight excluding hydrogens is 262 g/mol. The first kappa shape index (κ1) is 14.0. The minimum absolute atomic E-state index is 0.153. The van der Waals surface area contributed by atoms with Crippen LogP contribution in [0.15, 0.2) is 15.9 Å². The van der Waals surface area contributed by atoms with E-state index in [1.165, 1.54) is 27.4 Å². The fraction of sp³-hybridized carbons (Fsp3) is 0.500. The monoisotopic (exact) mass is 279 g/mol. The smallest absolute Gasteiger partial charge is 0.332 e. The molecule has 1 amide bonds. The molecule has 2 rings (SSSR count). The van der Waals surface area contributed by atoms with Crippen molar-refractivity contribution >= 4 is 17.1 Å². The van der Waals surface area contributed by atoms with E-state index in [2.05, 4.69) is 4.98 Å². The lowest BCUT2D eigenvalue weighted by molar-refractivity contribution is -0.131. The van der Waals surface area contributed by atoms with Crippen LogP contribution in [-0.2, 0) is 18.9 Å². The zero-order chi connectivity index (χ0) is 15.2. The molecule has 2 aromatic rings. The average Bonchev–Trinajstić information content (AvgIpc) is 2.85. The third-order valence-corrected chi connectivity index (χ3v) is 3.39. The molecule has 0 aromatic carbocycles. The third-order valence-electron chi connectivity index (χ3n) is 3.39. The van der Waals surface area contributed by atoms with Crippen molar-refractivity contribution in [2.45, 2.75) is 13.0 Å². The lowest BCUT2D eigenvalue weighted by Crippen LogP contribution is -2.38. The molecule has 0 aliphatic rings. The van der Waals surface area contributed by atoms with Crippen LogP contribution in [0.3, 0.4) is 0 Å². The highest BCUT2D eigenvalue weighted by Gasteiger charge is 2.22. The maximum Gasteiger partial charge on any atom is 0.332 e. The van der Waals surface area contributed by atoms with Crippen molar-refractivity contribution in [3.8, 4) is 0 Å². The zero-order valence-electron chi connectivity index (χ0n) is 12.1. The molecule has 2 heterocycles. The fourth-order valence-corrected chi connectivity index (χ4v) is 2.15. The topological polar surface area (TPSA) is 82.1 Å². The predicted octanol–water partition coefficient (Wildman–Crippen LogP) is -0.917. The number of imidazole rings is 1. The summed E-state index contributed by atoms with van der Waals surface area (Å²) in [7, 11) is 6.23. The van der Waals surface area contributed by atoms with E-state index in [4.69, 9.17) is 0 Å². The Morgan fingerprint density at radius 3 is 2.40 bits per heavy atom. The molecule has 0 bridgehead atoms. The highest BCUT2D eigenvalue weighted by atomic mass is 16.2. The molecule has 0 saturated carbocycles. The number of hydrogen-bond donors (Lipinski definition) is 0. The van der Waals surface area contributed by atoms with Crippen LogP contribution in [0.25, 0.3) is 11.2 Å². The third kappa shape index (κ3) is 1.84. The molecule has 8 nitrogen and oxygen atoms in total. The van der Waals surface area contributed by atoms with Crippen LogP contribution < -0.4 is 11.2 Å². The summed E-state index contributed by atoms with van der Waals surface area (Å²) in [5, 5.41) is 0. The quantitative estimate of drug-likeness (QED) is 0.712. The van der Waals surface area contributed by atoms with E-state index in [0.29, 0.717) is 0 Å². The molecule has 1 unspecified atom stereocenters. The number of likely N-dealkylation sites (N-methyl/N-ethyl adjacent to an activating group) is 1. The van der Waals surface area contributed by atoms with Crippen LogP contribution in [0.5, 0.6) is 0 Å². The Labute approximate surface area is 114 Å². The Morgan fingerprint density at radius 1 is 1.25 bits per heavy atom. The molecule has 0 N–H and O–H groups in total. The normalized spacial score (nSPS) is 12.7. The maximum absolute atomic E-state index is 12.2. The molecule has 2 aromatic heterocycles. The van der Waals surface area contributed by atoms with Crippen molar-refractivity contribution in [1.29, 1.82) is 0 Å². The molecule has 0 spiro atoms. The largest absolute Gasteiger partial charge is 0.347 e. The summed E-state index contributed by atoms with van der Waals surface area (Å²) >= 11 is 0. The standard InChI is InChI=1S/C12H17N5O3/c1-7(10(18)14(2)3)17-6-13-9-8(17)11(19)16(5)12(20)15(9)4/h6-7H,1-5H3. The van der Waals surface area contributed by atoms with Gasteiger partial charge < -0.3 is 9.47 Å². The first-order chi connectivity index (χ1) is 9.27. The van der Waals surface area contributed by atoms with Crippen molar-refractivity contribution < 1.29 is 4.79 Å². The van der Waals surface area contributed by atoms with Gasteiger partial charge >= 0.3 is 5.69 Å². The molecule has 0 aliphatic carbocycles. The summed E-state index contributed by atoms with van der Waals surface area (Å²) in [5.41, 5.74) is -0.382. The van der Waals surface area contributed by atoms with Gasteiger partial charge in [0.25, 0.3) is 5.56 Å². The van der Waals surface area contributed by atoms with Crippen molar-refractivity contribution in [3.63, 3.8) is 0 Å². The second-order valence-electron chi connectivity index (χ2n) is 4.94. The maximum atomic E-state index is 12.2. The zero-order valence-corrected chi connectivity index (χ0v) is 12.1. The molecule has 0 fully saturated rings. The Kier molecular flexibility index (Phi) is 3.24. The van der Waals surface area contributed by atoms with Gasteiger partial charge in [0.05, 0.1) is 6.33 Å². The minimum atomic E-state index is -0.569. The van der Waals surface area contributed by atoms with Crippen LogP contribution >= 0.6 is 0 Å². The molecule has 1 atom stereocenters. The fourth-order valence-electron chi connectivity index (χ4n) is 2.15. The number of carbonyl (C=O) groups is 1. The van der Waals surface area contributed by atoms with Gasteiger partial charge in [-0.05, 0) is 6.92 Å². The van der Waals surface area contributed by atoms with Gasteiger partial charge in [0.2, 0.25) is 5.91 Å². The van der Waals surface area contributed by atoms with Crippen LogP contribution in [0.2, 0.25) is 0 Å². The van der Waals surface area contributed by atoms with Gasteiger partial charge in [-0.3, -0.25) is 18.7 Å². The molecule has 0 radical (unpaired) electrons. The number of fused-ring (bicyclic) bond motifs is 1. The van der Waals surface area contributed by atoms with Gasteiger partial charge in [0.15, 0.2) is 11.2 Å². The number of aromatic nitrogens is 4. The first-order valence-corrected chi connectivity index (χ1v) is 6.11. The molecule has 20 heavy (non-hydrogen) atoms. The molecular formula is C12H17N5O3. The van der Waals surface area contributed by atoms with Gasteiger partial charge in [0.1, 0.15) is 6.04 Å². The number of hydrogen-bond acceptors (Lipinski definition) is 4. The summed E-state index contributed by atoms with van der Waals surface area (Å²) in [6.07, 6.45) is 1.41. The number of amides is 1. The van der Waals surface area contributed by atoms with E-state index in [1.54, 1.807) is 28.1 Å². The Bertz CT molecular complexity index is 796. The van der Waals surface area contributed by atoms with Crippen LogP contribution in [0, 0.1) is 0 Å². The van der Waals surface area contributed by atoms with E-state index >= 15 is 0 Å². The average molecular weight is 279 g/mol.